The van der Waals surface area contributed by atoms with Crippen molar-refractivity contribution in [3.05, 3.63) is 30.3 Å². The molecule has 0 radical (unpaired) electrons. The van der Waals surface area contributed by atoms with Crippen LogP contribution in [0, 0.1) is 0 Å². The van der Waals surface area contributed by atoms with E-state index in [1.54, 1.807) is 0 Å². The molecule has 0 spiro atoms. The summed E-state index contributed by atoms with van der Waals surface area (Å²) < 4.78 is 0.831. The van der Waals surface area contributed by atoms with E-state index in [0.29, 0.717) is 0 Å². The van der Waals surface area contributed by atoms with Crippen LogP contribution in [0.2, 0.25) is 0 Å². The van der Waals surface area contributed by atoms with Gasteiger partial charge in [-0.3, -0.25) is 0 Å². The van der Waals surface area contributed by atoms with Crippen molar-refractivity contribution in [3.63, 3.8) is 0 Å². The molecule has 0 amide bonds. The third-order valence-corrected chi connectivity index (χ3v) is 11.1. The number of rotatable bonds is 2. The number of hydrogen-bond acceptors (Lipinski definition) is 0. The van der Waals surface area contributed by atoms with Crippen LogP contribution in [-0.4, -0.2) is 10.7 Å². The molecule has 1 rings (SSSR count). The largest absolute Gasteiger partial charge is 0.290 e. The van der Waals surface area contributed by atoms with Crippen LogP contribution in [0.3, 0.4) is 0 Å². The number of alkyl halides is 1. The smallest absolute Gasteiger partial charge is 0.139 e. The van der Waals surface area contributed by atoms with Gasteiger partial charge >= 0.3 is 0 Å². The minimum Gasteiger partial charge on any atom is -0.139 e. The molecule has 0 heterocycles. The van der Waals surface area contributed by atoms with Crippen LogP contribution < -0.4 is 5.19 Å². The maximum absolute atomic E-state index is 6.14. The zero-order valence-corrected chi connectivity index (χ0v) is 10.4. The molecule has 0 aliphatic carbocycles. The van der Waals surface area contributed by atoms with Gasteiger partial charge in [0.15, 0.2) is 0 Å². The third-order valence-electron chi connectivity index (χ3n) is 1.36. The van der Waals surface area contributed by atoms with Gasteiger partial charge in [-0.2, -0.15) is 0 Å². The molecule has 0 N–H and O–H groups in total. The van der Waals surface area contributed by atoms with Crippen molar-refractivity contribution in [2.24, 2.45) is 0 Å². The predicted molar refractivity (Wildman–Crippen MR) is 62.4 cm³/mol. The van der Waals surface area contributed by atoms with Gasteiger partial charge in [0.2, 0.25) is 0 Å². The molecular formula is C7H7Cl2ISi. The zero-order chi connectivity index (χ0) is 8.32. The van der Waals surface area contributed by atoms with Gasteiger partial charge in [0, 0.05) is 4.05 Å². The van der Waals surface area contributed by atoms with Gasteiger partial charge in [-0.05, 0) is 5.19 Å². The van der Waals surface area contributed by atoms with Crippen molar-refractivity contribution >= 4 is 56.6 Å². The Kier molecular flexibility index (Phi) is 3.68. The van der Waals surface area contributed by atoms with Crippen molar-refractivity contribution in [2.75, 3.05) is 4.05 Å². The Morgan fingerprint density at radius 3 is 2.18 bits per heavy atom. The van der Waals surface area contributed by atoms with E-state index in [4.69, 9.17) is 22.2 Å². The van der Waals surface area contributed by atoms with E-state index < -0.39 is 6.69 Å². The van der Waals surface area contributed by atoms with E-state index in [-0.39, 0.29) is 0 Å². The van der Waals surface area contributed by atoms with Crippen molar-refractivity contribution in [1.29, 1.82) is 0 Å². The second-order valence-electron chi connectivity index (χ2n) is 2.20. The Hall–Kier alpha value is 0.747. The monoisotopic (exact) mass is 316 g/mol. The van der Waals surface area contributed by atoms with Crippen LogP contribution >= 0.6 is 44.7 Å². The lowest BCUT2D eigenvalue weighted by atomic mass is 10.4. The van der Waals surface area contributed by atoms with E-state index >= 15 is 0 Å². The van der Waals surface area contributed by atoms with Crippen LogP contribution in [0.15, 0.2) is 30.3 Å². The fraction of sp³-hybridized carbons (Fsp3) is 0.143. The van der Waals surface area contributed by atoms with E-state index in [0.717, 1.165) is 9.24 Å². The number of halogens is 3. The number of hydrogen-bond donors (Lipinski definition) is 0. The van der Waals surface area contributed by atoms with Crippen molar-refractivity contribution < 1.29 is 0 Å². The van der Waals surface area contributed by atoms with Gasteiger partial charge in [0.25, 0.3) is 6.69 Å². The van der Waals surface area contributed by atoms with Crippen LogP contribution in [0.4, 0.5) is 0 Å². The SMILES string of the molecule is Cl[Si](Cl)(CI)c1ccccc1. The molecule has 0 saturated heterocycles. The van der Waals surface area contributed by atoms with Crippen LogP contribution in [0.25, 0.3) is 0 Å². The minimum atomic E-state index is -2.12. The molecule has 0 bridgehead atoms. The van der Waals surface area contributed by atoms with Gasteiger partial charge in [0.05, 0.1) is 0 Å². The summed E-state index contributed by atoms with van der Waals surface area (Å²) in [6, 6.07) is 9.88. The van der Waals surface area contributed by atoms with E-state index in [1.165, 1.54) is 0 Å². The topological polar surface area (TPSA) is 0 Å². The summed E-state index contributed by atoms with van der Waals surface area (Å²) in [5.74, 6) is 0. The Morgan fingerprint density at radius 2 is 1.73 bits per heavy atom. The Bertz CT molecular complexity index is 225. The van der Waals surface area contributed by atoms with Crippen LogP contribution in [0.5, 0.6) is 0 Å². The Morgan fingerprint density at radius 1 is 1.18 bits per heavy atom. The lowest BCUT2D eigenvalue weighted by Crippen LogP contribution is -2.38. The summed E-state index contributed by atoms with van der Waals surface area (Å²) in [6.45, 7) is -2.12. The van der Waals surface area contributed by atoms with Gasteiger partial charge in [-0.25, -0.2) is 0 Å². The molecule has 0 fully saturated rings. The fourth-order valence-electron chi connectivity index (χ4n) is 0.759. The average Bonchev–Trinajstić information content (AvgIpc) is 2.06. The summed E-state index contributed by atoms with van der Waals surface area (Å²) in [5, 5.41) is 1.10. The van der Waals surface area contributed by atoms with Crippen molar-refractivity contribution in [2.45, 2.75) is 0 Å². The van der Waals surface area contributed by atoms with E-state index in [2.05, 4.69) is 22.6 Å². The minimum absolute atomic E-state index is 0.831. The molecular weight excluding hydrogens is 310 g/mol. The lowest BCUT2D eigenvalue weighted by Gasteiger charge is -2.12. The molecule has 0 aliphatic heterocycles. The standard InChI is InChI=1S/C7H7Cl2ISi/c8-11(9,6-10)7-4-2-1-3-5-7/h1-5H,6H2. The highest BCUT2D eigenvalue weighted by Gasteiger charge is 2.28. The summed E-state index contributed by atoms with van der Waals surface area (Å²) in [4.78, 5) is 0. The lowest BCUT2D eigenvalue weighted by molar-refractivity contribution is 1.76. The third kappa shape index (κ3) is 2.61. The second kappa shape index (κ2) is 4.12. The average molecular weight is 317 g/mol. The molecule has 0 saturated carbocycles. The molecule has 0 atom stereocenters. The molecule has 11 heavy (non-hydrogen) atoms. The van der Waals surface area contributed by atoms with Gasteiger partial charge in [0.1, 0.15) is 0 Å². The van der Waals surface area contributed by atoms with Gasteiger partial charge in [-0.15, -0.1) is 22.2 Å². The van der Waals surface area contributed by atoms with Crippen LogP contribution in [0.1, 0.15) is 0 Å². The molecule has 0 aliphatic rings. The van der Waals surface area contributed by atoms with E-state index in [9.17, 15) is 0 Å². The first-order valence-electron chi connectivity index (χ1n) is 3.16. The highest BCUT2D eigenvalue weighted by Crippen LogP contribution is 2.17. The predicted octanol–water partition coefficient (Wildman–Crippen LogP) is 2.79. The summed E-state index contributed by atoms with van der Waals surface area (Å²) in [5.41, 5.74) is 0. The Labute approximate surface area is 90.5 Å². The van der Waals surface area contributed by atoms with Crippen molar-refractivity contribution in [3.8, 4) is 0 Å². The first-order valence-corrected chi connectivity index (χ1v) is 8.92. The maximum Gasteiger partial charge on any atom is 0.290 e. The van der Waals surface area contributed by atoms with Gasteiger partial charge < -0.3 is 0 Å². The molecule has 1 aromatic rings. The maximum atomic E-state index is 6.14. The second-order valence-corrected chi connectivity index (χ2v) is 11.2. The molecule has 60 valence electrons. The highest BCUT2D eigenvalue weighted by molar-refractivity contribution is 14.1. The number of benzene rings is 1. The van der Waals surface area contributed by atoms with Crippen LogP contribution in [-0.2, 0) is 0 Å². The molecule has 1 aromatic carbocycles. The molecule has 0 unspecified atom stereocenters. The highest BCUT2D eigenvalue weighted by atomic mass is 127. The molecule has 0 nitrogen and oxygen atoms in total. The fourth-order valence-corrected chi connectivity index (χ4v) is 3.67. The first-order chi connectivity index (χ1) is 5.17. The van der Waals surface area contributed by atoms with Gasteiger partial charge in [-0.1, -0.05) is 52.9 Å². The molecule has 0 aromatic heterocycles. The summed E-state index contributed by atoms with van der Waals surface area (Å²) in [7, 11) is 0. The summed E-state index contributed by atoms with van der Waals surface area (Å²) >= 11 is 14.5. The first kappa shape index (κ1) is 9.83. The Balaban J connectivity index is 2.93. The summed E-state index contributed by atoms with van der Waals surface area (Å²) in [6.07, 6.45) is 0. The zero-order valence-electron chi connectivity index (χ0n) is 5.73. The van der Waals surface area contributed by atoms with Crippen molar-refractivity contribution in [1.82, 2.24) is 0 Å². The quantitative estimate of drug-likeness (QED) is 0.341. The van der Waals surface area contributed by atoms with E-state index in [1.807, 2.05) is 30.3 Å². The normalized spacial score (nSPS) is 11.5. The molecule has 4 heteroatoms.